The second kappa shape index (κ2) is 7.29. The van der Waals surface area contributed by atoms with Crippen LogP contribution in [-0.2, 0) is 12.8 Å². The summed E-state index contributed by atoms with van der Waals surface area (Å²) in [6, 6.07) is 15.0. The van der Waals surface area contributed by atoms with Gasteiger partial charge in [-0.15, -0.1) is 0 Å². The Morgan fingerprint density at radius 1 is 1.08 bits per heavy atom. The third-order valence-corrected chi connectivity index (χ3v) is 5.93. The first kappa shape index (κ1) is 17.4. The van der Waals surface area contributed by atoms with Crippen LogP contribution in [0, 0.1) is 5.92 Å². The largest absolute Gasteiger partial charge is 0.493 e. The fraction of sp³-hybridized carbons (Fsp3) is 0.455. The number of ether oxygens (including phenoxy) is 2. The van der Waals surface area contributed by atoms with Gasteiger partial charge in [0.15, 0.2) is 11.5 Å². The number of nitrogens with zero attached hydrogens (tertiary/aromatic N) is 1. The normalized spacial score (nSPS) is 25.3. The van der Waals surface area contributed by atoms with Crippen LogP contribution in [0.5, 0.6) is 11.5 Å². The Hall–Kier alpha value is -2.04. The van der Waals surface area contributed by atoms with Gasteiger partial charge in [0.2, 0.25) is 0 Å². The van der Waals surface area contributed by atoms with E-state index in [1.807, 2.05) is 6.07 Å². The van der Waals surface area contributed by atoms with Crippen molar-refractivity contribution in [1.29, 1.82) is 0 Å². The minimum atomic E-state index is -0.282. The summed E-state index contributed by atoms with van der Waals surface area (Å²) in [5.41, 5.74) is 3.91. The van der Waals surface area contributed by atoms with Crippen LogP contribution in [0.2, 0.25) is 0 Å². The van der Waals surface area contributed by atoms with Crippen LogP contribution in [0.25, 0.3) is 0 Å². The van der Waals surface area contributed by atoms with Crippen molar-refractivity contribution in [2.24, 2.45) is 5.92 Å². The molecule has 2 aromatic rings. The van der Waals surface area contributed by atoms with Gasteiger partial charge in [0.1, 0.15) is 0 Å². The first-order chi connectivity index (χ1) is 12.7. The van der Waals surface area contributed by atoms with Crippen molar-refractivity contribution in [3.8, 4) is 11.5 Å². The zero-order valence-electron chi connectivity index (χ0n) is 15.5. The molecule has 4 rings (SSSR count). The lowest BCUT2D eigenvalue weighted by molar-refractivity contribution is -0.0117. The highest BCUT2D eigenvalue weighted by Gasteiger charge is 2.38. The number of piperidine rings is 1. The Morgan fingerprint density at radius 3 is 2.54 bits per heavy atom. The van der Waals surface area contributed by atoms with E-state index in [4.69, 9.17) is 9.47 Å². The standard InChI is InChI=1S/C22H27NO3/c1-25-21-11-16-8-9-23-14-17(10-15-6-4-3-5-7-15)20(24)13-19(23)18(16)12-22(21)26-2/h3-7,11-12,17,19-20,24H,8-10,13-14H2,1-2H3. The summed E-state index contributed by atoms with van der Waals surface area (Å²) >= 11 is 0. The summed E-state index contributed by atoms with van der Waals surface area (Å²) in [7, 11) is 3.36. The van der Waals surface area contributed by atoms with E-state index in [9.17, 15) is 5.11 Å². The molecule has 0 spiro atoms. The van der Waals surface area contributed by atoms with Crippen LogP contribution in [0.4, 0.5) is 0 Å². The van der Waals surface area contributed by atoms with Crippen molar-refractivity contribution in [2.75, 3.05) is 27.3 Å². The molecular formula is C22H27NO3. The van der Waals surface area contributed by atoms with Crippen molar-refractivity contribution in [3.63, 3.8) is 0 Å². The number of hydrogen-bond acceptors (Lipinski definition) is 4. The zero-order valence-corrected chi connectivity index (χ0v) is 15.5. The van der Waals surface area contributed by atoms with Gasteiger partial charge in [-0.05, 0) is 48.1 Å². The summed E-state index contributed by atoms with van der Waals surface area (Å²) < 4.78 is 11.0. The molecule has 0 amide bonds. The van der Waals surface area contributed by atoms with Crippen LogP contribution in [0.1, 0.15) is 29.2 Å². The predicted octanol–water partition coefficient (Wildman–Crippen LogP) is 3.23. The molecule has 0 bridgehead atoms. The lowest BCUT2D eigenvalue weighted by atomic mass is 9.79. The fourth-order valence-electron chi connectivity index (χ4n) is 4.54. The molecule has 0 radical (unpaired) electrons. The van der Waals surface area contributed by atoms with E-state index in [0.29, 0.717) is 0 Å². The maximum absolute atomic E-state index is 10.8. The zero-order chi connectivity index (χ0) is 18.1. The molecule has 26 heavy (non-hydrogen) atoms. The number of hydrogen-bond donors (Lipinski definition) is 1. The molecule has 0 saturated carbocycles. The van der Waals surface area contributed by atoms with E-state index in [0.717, 1.165) is 43.9 Å². The van der Waals surface area contributed by atoms with Gasteiger partial charge in [-0.1, -0.05) is 30.3 Å². The molecule has 3 atom stereocenters. The summed E-state index contributed by atoms with van der Waals surface area (Å²) in [6.45, 7) is 1.97. The van der Waals surface area contributed by atoms with E-state index in [1.165, 1.54) is 16.7 Å². The quantitative estimate of drug-likeness (QED) is 0.916. The van der Waals surface area contributed by atoms with Crippen LogP contribution < -0.4 is 9.47 Å². The Labute approximate surface area is 155 Å². The third kappa shape index (κ3) is 3.19. The Balaban J connectivity index is 1.56. The predicted molar refractivity (Wildman–Crippen MR) is 102 cm³/mol. The van der Waals surface area contributed by atoms with E-state index < -0.39 is 0 Å². The number of aliphatic hydroxyl groups excluding tert-OH is 1. The summed E-state index contributed by atoms with van der Waals surface area (Å²) in [6.07, 6.45) is 2.44. The monoisotopic (exact) mass is 353 g/mol. The van der Waals surface area contributed by atoms with Gasteiger partial charge in [-0.3, -0.25) is 4.90 Å². The lowest BCUT2D eigenvalue weighted by Crippen LogP contribution is -2.48. The number of rotatable bonds is 4. The molecule has 2 aliphatic heterocycles. The van der Waals surface area contributed by atoms with Crippen LogP contribution in [-0.4, -0.2) is 43.4 Å². The number of fused-ring (bicyclic) bond motifs is 3. The Kier molecular flexibility index (Phi) is 4.88. The molecular weight excluding hydrogens is 326 g/mol. The first-order valence-corrected chi connectivity index (χ1v) is 9.40. The van der Waals surface area contributed by atoms with Gasteiger partial charge < -0.3 is 14.6 Å². The molecule has 1 N–H and O–H groups in total. The highest BCUT2D eigenvalue weighted by atomic mass is 16.5. The SMILES string of the molecule is COc1cc2c(cc1OC)C1CC(O)C(Cc3ccccc3)CN1CC2. The molecule has 1 saturated heterocycles. The van der Waals surface area contributed by atoms with Gasteiger partial charge in [0.25, 0.3) is 0 Å². The summed E-state index contributed by atoms with van der Waals surface area (Å²) in [5, 5.41) is 10.8. The van der Waals surface area contributed by atoms with Crippen molar-refractivity contribution < 1.29 is 14.6 Å². The average Bonchev–Trinajstić information content (AvgIpc) is 2.68. The fourth-order valence-corrected chi connectivity index (χ4v) is 4.54. The molecule has 2 heterocycles. The first-order valence-electron chi connectivity index (χ1n) is 9.40. The van der Waals surface area contributed by atoms with Crippen LogP contribution in [0.3, 0.4) is 0 Å². The van der Waals surface area contributed by atoms with Gasteiger partial charge >= 0.3 is 0 Å². The van der Waals surface area contributed by atoms with Gasteiger partial charge in [0.05, 0.1) is 20.3 Å². The minimum absolute atomic E-state index is 0.264. The summed E-state index contributed by atoms with van der Waals surface area (Å²) in [5.74, 6) is 1.85. The van der Waals surface area contributed by atoms with Gasteiger partial charge in [-0.25, -0.2) is 0 Å². The maximum Gasteiger partial charge on any atom is 0.161 e. The van der Waals surface area contributed by atoms with Crippen molar-refractivity contribution in [2.45, 2.75) is 31.4 Å². The highest BCUT2D eigenvalue weighted by molar-refractivity contribution is 5.49. The summed E-state index contributed by atoms with van der Waals surface area (Å²) in [4.78, 5) is 2.54. The van der Waals surface area contributed by atoms with E-state index >= 15 is 0 Å². The molecule has 0 aromatic heterocycles. The lowest BCUT2D eigenvalue weighted by Gasteiger charge is -2.46. The molecule has 138 valence electrons. The molecule has 3 unspecified atom stereocenters. The smallest absolute Gasteiger partial charge is 0.161 e. The van der Waals surface area contributed by atoms with Crippen molar-refractivity contribution in [3.05, 3.63) is 59.2 Å². The molecule has 4 nitrogen and oxygen atoms in total. The third-order valence-electron chi connectivity index (χ3n) is 5.93. The second-order valence-corrected chi connectivity index (χ2v) is 7.42. The molecule has 2 aliphatic rings. The second-order valence-electron chi connectivity index (χ2n) is 7.42. The van der Waals surface area contributed by atoms with Crippen LogP contribution in [0.15, 0.2) is 42.5 Å². The minimum Gasteiger partial charge on any atom is -0.493 e. The van der Waals surface area contributed by atoms with Crippen LogP contribution >= 0.6 is 0 Å². The number of benzene rings is 2. The molecule has 4 heteroatoms. The molecule has 1 fully saturated rings. The Morgan fingerprint density at radius 2 is 1.81 bits per heavy atom. The number of methoxy groups -OCH3 is 2. The van der Waals surface area contributed by atoms with Crippen molar-refractivity contribution in [1.82, 2.24) is 4.90 Å². The average molecular weight is 353 g/mol. The van der Waals surface area contributed by atoms with Gasteiger partial charge in [-0.2, -0.15) is 0 Å². The Bertz CT molecular complexity index is 761. The maximum atomic E-state index is 10.8. The van der Waals surface area contributed by atoms with E-state index in [1.54, 1.807) is 14.2 Å². The van der Waals surface area contributed by atoms with Crippen molar-refractivity contribution >= 4 is 0 Å². The topological polar surface area (TPSA) is 41.9 Å². The van der Waals surface area contributed by atoms with E-state index in [-0.39, 0.29) is 18.1 Å². The van der Waals surface area contributed by atoms with Gasteiger partial charge in [0, 0.05) is 25.0 Å². The molecule has 2 aromatic carbocycles. The van der Waals surface area contributed by atoms with E-state index in [2.05, 4.69) is 41.3 Å². The molecule has 0 aliphatic carbocycles. The number of aliphatic hydroxyl groups is 1. The highest BCUT2D eigenvalue weighted by Crippen LogP contribution is 2.43.